The van der Waals surface area contributed by atoms with E-state index in [4.69, 9.17) is 4.55 Å². The van der Waals surface area contributed by atoms with Crippen molar-refractivity contribution in [1.82, 2.24) is 5.32 Å². The fraction of sp³-hybridized carbons (Fsp3) is 0.778. The fourth-order valence-electron chi connectivity index (χ4n) is 0.865. The van der Waals surface area contributed by atoms with Crippen LogP contribution in [0.4, 0.5) is 9.18 Å². The van der Waals surface area contributed by atoms with Crippen molar-refractivity contribution in [2.45, 2.75) is 31.7 Å². The highest BCUT2D eigenvalue weighted by atomic mass is 32.2. The summed E-state index contributed by atoms with van der Waals surface area (Å²) in [4.78, 5) is 21.8. The van der Waals surface area contributed by atoms with Gasteiger partial charge in [-0.2, -0.15) is 0 Å². The van der Waals surface area contributed by atoms with Crippen molar-refractivity contribution >= 4 is 23.1 Å². The van der Waals surface area contributed by atoms with Crippen LogP contribution in [0, 0.1) is 0 Å². The van der Waals surface area contributed by atoms with Crippen LogP contribution in [0.1, 0.15) is 26.2 Å². The van der Waals surface area contributed by atoms with Gasteiger partial charge in [0.05, 0.1) is 0 Å². The van der Waals surface area contributed by atoms with E-state index in [0.29, 0.717) is 6.42 Å². The molecule has 2 atom stereocenters. The molecular weight excluding hydrogens is 269 g/mol. The monoisotopic (exact) mass is 285 g/mol. The first-order valence-corrected chi connectivity index (χ1v) is 6.44. The molecule has 0 aromatic carbocycles. The zero-order valence-electron chi connectivity index (χ0n) is 9.89. The predicted octanol–water partition coefficient (Wildman–Crippen LogP) is 0.921. The molecule has 0 heterocycles. The summed E-state index contributed by atoms with van der Waals surface area (Å²) in [5.74, 6) is -0.482. The molecule has 18 heavy (non-hydrogen) atoms. The highest BCUT2D eigenvalue weighted by Crippen LogP contribution is 2.00. The van der Waals surface area contributed by atoms with Crippen molar-refractivity contribution in [3.63, 3.8) is 0 Å². The number of halogens is 1. The lowest BCUT2D eigenvalue weighted by atomic mass is 10.3. The molecule has 0 rings (SSSR count). The van der Waals surface area contributed by atoms with Gasteiger partial charge >= 0.3 is 12.1 Å². The number of rotatable bonds is 8. The number of hydrogen-bond acceptors (Lipinski definition) is 5. The van der Waals surface area contributed by atoms with Gasteiger partial charge in [0, 0.05) is 19.4 Å². The van der Waals surface area contributed by atoms with Gasteiger partial charge in [-0.3, -0.25) is 4.79 Å². The fourth-order valence-corrected chi connectivity index (χ4v) is 1.18. The number of esters is 1. The molecule has 0 aliphatic carbocycles. The van der Waals surface area contributed by atoms with Gasteiger partial charge in [0.1, 0.15) is 0 Å². The van der Waals surface area contributed by atoms with E-state index >= 15 is 0 Å². The average Bonchev–Trinajstić information content (AvgIpc) is 2.29. The van der Waals surface area contributed by atoms with Gasteiger partial charge in [0.15, 0.2) is 11.1 Å². The van der Waals surface area contributed by atoms with E-state index in [0.717, 1.165) is 0 Å². The molecule has 7 nitrogen and oxygen atoms in total. The summed E-state index contributed by atoms with van der Waals surface area (Å²) in [5.41, 5.74) is -1.92. The Kier molecular flexibility index (Phi) is 9.11. The van der Waals surface area contributed by atoms with Crippen LogP contribution in [0.3, 0.4) is 0 Å². The van der Waals surface area contributed by atoms with E-state index in [1.54, 1.807) is 6.92 Å². The SMILES string of the molecule is CCCC(=O)OCOC(=O)NCC[C@H](F)S(=O)O. The van der Waals surface area contributed by atoms with Crippen LogP contribution in [0.25, 0.3) is 0 Å². The van der Waals surface area contributed by atoms with Crippen molar-refractivity contribution in [3.8, 4) is 0 Å². The van der Waals surface area contributed by atoms with E-state index in [2.05, 4.69) is 14.8 Å². The van der Waals surface area contributed by atoms with Crippen molar-refractivity contribution in [1.29, 1.82) is 0 Å². The van der Waals surface area contributed by atoms with Gasteiger partial charge in [-0.15, -0.1) is 0 Å². The minimum absolute atomic E-state index is 0.158. The maximum atomic E-state index is 12.6. The summed E-state index contributed by atoms with van der Waals surface area (Å²) in [5, 5.41) is 2.14. The van der Waals surface area contributed by atoms with Crippen molar-refractivity contribution in [2.24, 2.45) is 0 Å². The molecule has 0 saturated carbocycles. The first-order chi connectivity index (χ1) is 8.47. The zero-order chi connectivity index (χ0) is 14.0. The van der Waals surface area contributed by atoms with Gasteiger partial charge in [0.25, 0.3) is 0 Å². The molecule has 0 aliphatic heterocycles. The normalized spacial score (nSPS) is 13.5. The lowest BCUT2D eigenvalue weighted by Gasteiger charge is -2.08. The van der Waals surface area contributed by atoms with Crippen LogP contribution in [-0.4, -0.2) is 39.7 Å². The Morgan fingerprint density at radius 1 is 1.44 bits per heavy atom. The van der Waals surface area contributed by atoms with Crippen LogP contribution in [0.2, 0.25) is 0 Å². The largest absolute Gasteiger partial charge is 0.428 e. The Labute approximate surface area is 106 Å². The summed E-state index contributed by atoms with van der Waals surface area (Å²) in [7, 11) is 0. The molecule has 0 spiro atoms. The van der Waals surface area contributed by atoms with Gasteiger partial charge in [-0.05, 0) is 6.42 Å². The van der Waals surface area contributed by atoms with Gasteiger partial charge in [-0.25, -0.2) is 13.4 Å². The smallest absolute Gasteiger partial charge is 0.410 e. The molecule has 0 radical (unpaired) electrons. The lowest BCUT2D eigenvalue weighted by Crippen LogP contribution is -2.28. The highest BCUT2D eigenvalue weighted by Gasteiger charge is 2.13. The number of alkyl halides is 1. The van der Waals surface area contributed by atoms with E-state index in [9.17, 15) is 18.2 Å². The van der Waals surface area contributed by atoms with E-state index in [-0.39, 0.29) is 19.4 Å². The van der Waals surface area contributed by atoms with Crippen LogP contribution in [-0.2, 0) is 25.3 Å². The number of carbonyl (C=O) groups is 2. The van der Waals surface area contributed by atoms with E-state index in [1.165, 1.54) is 0 Å². The Hall–Kier alpha value is -1.22. The van der Waals surface area contributed by atoms with Crippen LogP contribution >= 0.6 is 0 Å². The third-order valence-electron chi connectivity index (χ3n) is 1.72. The molecule has 9 heteroatoms. The van der Waals surface area contributed by atoms with Gasteiger partial charge < -0.3 is 19.3 Å². The second-order valence-electron chi connectivity index (χ2n) is 3.22. The maximum Gasteiger partial charge on any atom is 0.410 e. The second-order valence-corrected chi connectivity index (χ2v) is 4.28. The number of amides is 1. The third kappa shape index (κ3) is 8.88. The van der Waals surface area contributed by atoms with Crippen molar-refractivity contribution in [3.05, 3.63) is 0 Å². The summed E-state index contributed by atoms with van der Waals surface area (Å²) in [6.45, 7) is 1.12. The van der Waals surface area contributed by atoms with Crippen LogP contribution in [0.5, 0.6) is 0 Å². The molecule has 0 aromatic heterocycles. The molecule has 106 valence electrons. The minimum atomic E-state index is -2.57. The number of carbonyl (C=O) groups excluding carboxylic acids is 2. The average molecular weight is 285 g/mol. The molecule has 0 aromatic rings. The topological polar surface area (TPSA) is 102 Å². The number of nitrogens with one attached hydrogen (secondary N) is 1. The van der Waals surface area contributed by atoms with Crippen LogP contribution in [0.15, 0.2) is 0 Å². The standard InChI is InChI=1S/C9H16FNO6S/c1-2-3-8(12)16-6-17-9(13)11-5-4-7(10)18(14)15/h7H,2-6H2,1H3,(H,11,13)(H,14,15)/t7-/m1/s1. The Balaban J connectivity index is 3.54. The van der Waals surface area contributed by atoms with E-state index in [1.807, 2.05) is 0 Å². The summed E-state index contributed by atoms with van der Waals surface area (Å²) in [6.07, 6.45) is -0.346. The Bertz CT molecular complexity index is 301. The Morgan fingerprint density at radius 3 is 2.67 bits per heavy atom. The summed E-state index contributed by atoms with van der Waals surface area (Å²) < 4.78 is 40.1. The quantitative estimate of drug-likeness (QED) is 0.390. The van der Waals surface area contributed by atoms with Crippen LogP contribution < -0.4 is 5.32 Å². The molecular formula is C9H16FNO6S. The minimum Gasteiger partial charge on any atom is -0.428 e. The molecule has 1 unspecified atom stereocenters. The van der Waals surface area contributed by atoms with Crippen molar-refractivity contribution in [2.75, 3.05) is 13.3 Å². The third-order valence-corrected chi connectivity index (χ3v) is 2.40. The number of alkyl carbamates (subject to hydrolysis) is 1. The first kappa shape index (κ1) is 16.8. The first-order valence-electron chi connectivity index (χ1n) is 5.27. The molecule has 1 amide bonds. The number of hydrogen-bond donors (Lipinski definition) is 2. The van der Waals surface area contributed by atoms with Crippen molar-refractivity contribution < 1.29 is 32.2 Å². The Morgan fingerprint density at radius 2 is 2.11 bits per heavy atom. The second kappa shape index (κ2) is 9.77. The van der Waals surface area contributed by atoms with E-state index < -0.39 is 35.4 Å². The molecule has 0 saturated heterocycles. The van der Waals surface area contributed by atoms with Gasteiger partial charge in [-0.1, -0.05) is 6.92 Å². The molecule has 0 fully saturated rings. The maximum absolute atomic E-state index is 12.6. The summed E-state index contributed by atoms with van der Waals surface area (Å²) in [6, 6.07) is 0. The molecule has 0 bridgehead atoms. The highest BCUT2D eigenvalue weighted by molar-refractivity contribution is 7.79. The zero-order valence-corrected chi connectivity index (χ0v) is 10.7. The predicted molar refractivity (Wildman–Crippen MR) is 60.6 cm³/mol. The summed E-state index contributed by atoms with van der Waals surface area (Å²) >= 11 is -2.57. The molecule has 0 aliphatic rings. The van der Waals surface area contributed by atoms with Gasteiger partial charge in [0.2, 0.25) is 12.3 Å². The lowest BCUT2D eigenvalue weighted by molar-refractivity contribution is -0.151. The number of ether oxygens (including phenoxy) is 2. The molecule has 2 N–H and O–H groups in total.